The number of anilines is 1. The fraction of sp³-hybridized carbons (Fsp3) is 0.273. The number of hydrogen-bond donors (Lipinski definition) is 2. The quantitative estimate of drug-likeness (QED) is 0.402. The zero-order valence-corrected chi connectivity index (χ0v) is 20.6. The Morgan fingerprint density at radius 2 is 1.94 bits per heavy atom. The molecule has 3 aromatic rings. The van der Waals surface area contributed by atoms with Gasteiger partial charge in [-0.2, -0.15) is 0 Å². The Hall–Kier alpha value is -2.75. The molecule has 0 aliphatic carbocycles. The summed E-state index contributed by atoms with van der Waals surface area (Å²) in [6.45, 7) is 4.33. The molecule has 174 valence electrons. The Labute approximate surface area is 206 Å². The van der Waals surface area contributed by atoms with Gasteiger partial charge in [-0.25, -0.2) is 0 Å². The topological polar surface area (TPSA) is 98.1 Å². The van der Waals surface area contributed by atoms with Crippen LogP contribution in [-0.4, -0.2) is 39.4 Å². The molecule has 0 aliphatic rings. The lowest BCUT2D eigenvalue weighted by Gasteiger charge is -2.15. The van der Waals surface area contributed by atoms with Crippen molar-refractivity contribution in [1.29, 1.82) is 0 Å². The second-order valence-electron chi connectivity index (χ2n) is 6.94. The molecule has 0 aliphatic heterocycles. The van der Waals surface area contributed by atoms with Crippen molar-refractivity contribution in [2.24, 2.45) is 0 Å². The van der Waals surface area contributed by atoms with Crippen LogP contribution in [0.1, 0.15) is 36.1 Å². The first kappa shape index (κ1) is 24.9. The number of hydrogen-bond acceptors (Lipinski definition) is 6. The molecule has 1 heterocycles. The third-order valence-electron chi connectivity index (χ3n) is 4.68. The number of halogens is 2. The average Bonchev–Trinajstić information content (AvgIpc) is 3.21. The van der Waals surface area contributed by atoms with Crippen LogP contribution in [-0.2, 0) is 11.3 Å². The number of nitrogens with one attached hydrogen (secondary N) is 2. The minimum atomic E-state index is -0.417. The van der Waals surface area contributed by atoms with Gasteiger partial charge in [0.25, 0.3) is 5.91 Å². The summed E-state index contributed by atoms with van der Waals surface area (Å²) in [7, 11) is 1.52. The summed E-state index contributed by atoms with van der Waals surface area (Å²) in [5, 5.41) is 15.6. The number of carbonyl (C=O) groups is 2. The molecule has 11 heteroatoms. The largest absolute Gasteiger partial charge is 0.495 e. The minimum absolute atomic E-state index is 0.105. The predicted molar refractivity (Wildman–Crippen MR) is 130 cm³/mol. The van der Waals surface area contributed by atoms with E-state index in [2.05, 4.69) is 20.8 Å². The highest BCUT2D eigenvalue weighted by Gasteiger charge is 2.21. The van der Waals surface area contributed by atoms with E-state index >= 15 is 0 Å². The van der Waals surface area contributed by atoms with E-state index in [1.54, 1.807) is 42.5 Å². The molecule has 0 saturated carbocycles. The first-order chi connectivity index (χ1) is 15.8. The molecule has 2 amide bonds. The summed E-state index contributed by atoms with van der Waals surface area (Å²) in [5.74, 6) is 0.654. The van der Waals surface area contributed by atoms with Crippen LogP contribution < -0.4 is 15.4 Å². The molecule has 1 aromatic heterocycles. The van der Waals surface area contributed by atoms with Crippen molar-refractivity contribution < 1.29 is 14.3 Å². The monoisotopic (exact) mass is 507 g/mol. The highest BCUT2D eigenvalue weighted by Crippen LogP contribution is 2.28. The maximum Gasteiger partial charge on any atom is 0.253 e. The van der Waals surface area contributed by atoms with Gasteiger partial charge in [0.2, 0.25) is 5.91 Å². The number of thioether (sulfide) groups is 1. The number of ether oxygens (including phenoxy) is 1. The van der Waals surface area contributed by atoms with Gasteiger partial charge in [0.05, 0.1) is 35.2 Å². The summed E-state index contributed by atoms with van der Waals surface area (Å²) in [6.07, 6.45) is 0. The van der Waals surface area contributed by atoms with Crippen molar-refractivity contribution in [2.75, 3.05) is 18.2 Å². The van der Waals surface area contributed by atoms with E-state index in [0.29, 0.717) is 44.6 Å². The fourth-order valence-corrected chi connectivity index (χ4v) is 4.31. The highest BCUT2D eigenvalue weighted by molar-refractivity contribution is 7.99. The molecule has 8 nitrogen and oxygen atoms in total. The van der Waals surface area contributed by atoms with Gasteiger partial charge >= 0.3 is 0 Å². The van der Waals surface area contributed by atoms with Crippen LogP contribution in [0, 0.1) is 0 Å². The predicted octanol–water partition coefficient (Wildman–Crippen LogP) is 4.84. The first-order valence-corrected chi connectivity index (χ1v) is 11.8. The van der Waals surface area contributed by atoms with Gasteiger partial charge in [0.15, 0.2) is 11.0 Å². The van der Waals surface area contributed by atoms with Crippen LogP contribution in [0.2, 0.25) is 10.0 Å². The van der Waals surface area contributed by atoms with Gasteiger partial charge in [-0.05, 0) is 44.2 Å². The zero-order valence-electron chi connectivity index (χ0n) is 18.3. The smallest absolute Gasteiger partial charge is 0.253 e. The zero-order chi connectivity index (χ0) is 24.0. The molecular formula is C22H23Cl2N5O3S. The van der Waals surface area contributed by atoms with Crippen LogP contribution in [0.15, 0.2) is 47.6 Å². The second-order valence-corrected chi connectivity index (χ2v) is 8.73. The molecule has 0 spiro atoms. The van der Waals surface area contributed by atoms with E-state index < -0.39 is 6.04 Å². The molecule has 3 rings (SSSR count). The Bertz CT molecular complexity index is 1150. The number of carbonyl (C=O) groups excluding carboxylic acids is 2. The SMILES string of the molecule is CCn1c(SCC(=O)Nc2cc(Cl)ccc2OC)nnc1[C@H](C)NC(=O)c1ccccc1Cl. The fourth-order valence-electron chi connectivity index (χ4n) is 3.10. The lowest BCUT2D eigenvalue weighted by atomic mass is 10.2. The molecule has 2 N–H and O–H groups in total. The summed E-state index contributed by atoms with van der Waals surface area (Å²) in [4.78, 5) is 25.1. The molecule has 2 aromatic carbocycles. The second kappa shape index (κ2) is 11.4. The Morgan fingerprint density at radius 3 is 2.64 bits per heavy atom. The molecular weight excluding hydrogens is 485 g/mol. The normalized spacial score (nSPS) is 11.7. The first-order valence-electron chi connectivity index (χ1n) is 10.1. The standard InChI is InChI=1S/C22H23Cl2N5O3S/c1-4-29-20(13(2)25-21(31)15-7-5-6-8-16(15)24)27-28-22(29)33-12-19(30)26-17-11-14(23)9-10-18(17)32-3/h5-11,13H,4,12H2,1-3H3,(H,25,31)(H,26,30)/t13-/m0/s1. The lowest BCUT2D eigenvalue weighted by molar-refractivity contribution is -0.113. The van der Waals surface area contributed by atoms with Gasteiger partial charge in [0.1, 0.15) is 5.75 Å². The van der Waals surface area contributed by atoms with Crippen LogP contribution in [0.25, 0.3) is 0 Å². The van der Waals surface area contributed by atoms with Crippen molar-refractivity contribution in [3.05, 3.63) is 63.9 Å². The highest BCUT2D eigenvalue weighted by atomic mass is 35.5. The van der Waals surface area contributed by atoms with E-state index in [1.165, 1.54) is 18.9 Å². The maximum atomic E-state index is 12.6. The van der Waals surface area contributed by atoms with Crippen molar-refractivity contribution in [3.63, 3.8) is 0 Å². The van der Waals surface area contributed by atoms with E-state index in [1.807, 2.05) is 18.4 Å². The number of amides is 2. The molecule has 0 radical (unpaired) electrons. The molecule has 0 fully saturated rings. The summed E-state index contributed by atoms with van der Waals surface area (Å²) < 4.78 is 7.11. The Kier molecular flexibility index (Phi) is 8.60. The minimum Gasteiger partial charge on any atom is -0.495 e. The Balaban J connectivity index is 1.65. The van der Waals surface area contributed by atoms with Crippen molar-refractivity contribution in [2.45, 2.75) is 31.6 Å². The Morgan fingerprint density at radius 1 is 1.18 bits per heavy atom. The van der Waals surface area contributed by atoms with E-state index in [4.69, 9.17) is 27.9 Å². The van der Waals surface area contributed by atoms with Crippen LogP contribution in [0.4, 0.5) is 5.69 Å². The molecule has 1 atom stereocenters. The number of rotatable bonds is 9. The summed E-state index contributed by atoms with van der Waals surface area (Å²) in [6, 6.07) is 11.4. The van der Waals surface area contributed by atoms with Gasteiger partial charge < -0.3 is 19.9 Å². The average molecular weight is 508 g/mol. The maximum absolute atomic E-state index is 12.6. The van der Waals surface area contributed by atoms with E-state index in [-0.39, 0.29) is 17.6 Å². The molecule has 0 bridgehead atoms. The number of aromatic nitrogens is 3. The number of nitrogens with zero attached hydrogens (tertiary/aromatic N) is 3. The number of benzene rings is 2. The van der Waals surface area contributed by atoms with Crippen LogP contribution >= 0.6 is 35.0 Å². The van der Waals surface area contributed by atoms with Crippen molar-refractivity contribution >= 4 is 52.5 Å². The van der Waals surface area contributed by atoms with E-state index in [9.17, 15) is 9.59 Å². The lowest BCUT2D eigenvalue weighted by Crippen LogP contribution is -2.29. The van der Waals surface area contributed by atoms with Gasteiger partial charge in [-0.1, -0.05) is 47.1 Å². The van der Waals surface area contributed by atoms with Crippen LogP contribution in [0.5, 0.6) is 5.75 Å². The summed E-state index contributed by atoms with van der Waals surface area (Å²) in [5.41, 5.74) is 0.875. The molecule has 0 unspecified atom stereocenters. The third kappa shape index (κ3) is 6.19. The molecule has 33 heavy (non-hydrogen) atoms. The number of methoxy groups -OCH3 is 1. The van der Waals surface area contributed by atoms with Gasteiger partial charge in [-0.15, -0.1) is 10.2 Å². The van der Waals surface area contributed by atoms with Crippen molar-refractivity contribution in [3.8, 4) is 5.75 Å². The summed E-state index contributed by atoms with van der Waals surface area (Å²) >= 11 is 13.4. The van der Waals surface area contributed by atoms with Crippen LogP contribution in [0.3, 0.4) is 0 Å². The van der Waals surface area contributed by atoms with Gasteiger partial charge in [-0.3, -0.25) is 9.59 Å². The molecule has 0 saturated heterocycles. The van der Waals surface area contributed by atoms with Crippen molar-refractivity contribution in [1.82, 2.24) is 20.1 Å². The third-order valence-corrected chi connectivity index (χ3v) is 6.21. The van der Waals surface area contributed by atoms with E-state index in [0.717, 1.165) is 0 Å². The van der Waals surface area contributed by atoms with Gasteiger partial charge in [0, 0.05) is 11.6 Å².